The normalized spacial score (nSPS) is 12.8. The molecule has 1 aliphatic rings. The first-order chi connectivity index (χ1) is 15.0. The summed E-state index contributed by atoms with van der Waals surface area (Å²) in [5.74, 6) is -1.10. The number of rotatable bonds is 4. The second-order valence-electron chi connectivity index (χ2n) is 7.12. The van der Waals surface area contributed by atoms with Crippen molar-refractivity contribution < 1.29 is 32.3 Å². The number of nitrogens with one attached hydrogen (secondary N) is 1. The number of carboxylic acids is 1. The highest BCUT2D eigenvalue weighted by molar-refractivity contribution is 6.32. The Morgan fingerprint density at radius 3 is 2.44 bits per heavy atom. The van der Waals surface area contributed by atoms with Gasteiger partial charge in [0.05, 0.1) is 11.1 Å². The van der Waals surface area contributed by atoms with Crippen LogP contribution in [0.4, 0.5) is 13.2 Å². The van der Waals surface area contributed by atoms with Gasteiger partial charge in [-0.05, 0) is 55.3 Å². The maximum Gasteiger partial charge on any atom is 0.490 e. The zero-order valence-electron chi connectivity index (χ0n) is 17.0. The Labute approximate surface area is 186 Å². The van der Waals surface area contributed by atoms with E-state index in [9.17, 15) is 13.2 Å². The van der Waals surface area contributed by atoms with Crippen molar-refractivity contribution in [1.82, 2.24) is 15.5 Å². The van der Waals surface area contributed by atoms with Gasteiger partial charge in [-0.1, -0.05) is 22.8 Å². The monoisotopic (exact) mass is 469 g/mol. The number of aliphatic carboxylic acids is 1. The molecule has 2 aromatic carbocycles. The van der Waals surface area contributed by atoms with E-state index < -0.39 is 12.1 Å². The van der Waals surface area contributed by atoms with Gasteiger partial charge < -0.3 is 19.7 Å². The van der Waals surface area contributed by atoms with Gasteiger partial charge in [-0.15, -0.1) is 0 Å². The lowest BCUT2D eigenvalue weighted by Crippen LogP contribution is -2.21. The van der Waals surface area contributed by atoms with E-state index in [4.69, 9.17) is 30.8 Å². The Balaban J connectivity index is 0.000000360. The van der Waals surface area contributed by atoms with Gasteiger partial charge in [0.25, 0.3) is 5.89 Å². The van der Waals surface area contributed by atoms with Crippen LogP contribution in [-0.2, 0) is 17.9 Å². The molecule has 32 heavy (non-hydrogen) atoms. The van der Waals surface area contributed by atoms with Crippen LogP contribution in [0.3, 0.4) is 0 Å². The fourth-order valence-electron chi connectivity index (χ4n) is 2.88. The third kappa shape index (κ3) is 5.77. The van der Waals surface area contributed by atoms with E-state index in [0.717, 1.165) is 24.2 Å². The van der Waals surface area contributed by atoms with Crippen LogP contribution >= 0.6 is 11.6 Å². The minimum atomic E-state index is -5.08. The smallest absolute Gasteiger partial charge is 0.489 e. The Morgan fingerprint density at radius 1 is 1.16 bits per heavy atom. The lowest BCUT2D eigenvalue weighted by molar-refractivity contribution is -0.192. The topological polar surface area (TPSA) is 97.5 Å². The van der Waals surface area contributed by atoms with Gasteiger partial charge >= 0.3 is 12.1 Å². The molecular weight excluding hydrogens is 451 g/mol. The van der Waals surface area contributed by atoms with Crippen LogP contribution in [-0.4, -0.2) is 33.5 Å². The number of ether oxygens (including phenoxy) is 1. The zero-order valence-corrected chi connectivity index (χ0v) is 17.8. The average Bonchev–Trinajstić information content (AvgIpc) is 3.37. The van der Waals surface area contributed by atoms with Crippen LogP contribution in [0.25, 0.3) is 22.8 Å². The molecule has 170 valence electrons. The third-order valence-electron chi connectivity index (χ3n) is 4.31. The fourth-order valence-corrected chi connectivity index (χ4v) is 3.10. The van der Waals surface area contributed by atoms with Crippen molar-refractivity contribution in [2.45, 2.75) is 39.2 Å². The minimum absolute atomic E-state index is 0.0643. The van der Waals surface area contributed by atoms with Crippen molar-refractivity contribution in [3.8, 4) is 28.6 Å². The highest BCUT2D eigenvalue weighted by Gasteiger charge is 2.38. The van der Waals surface area contributed by atoms with Gasteiger partial charge in [0.1, 0.15) is 5.75 Å². The van der Waals surface area contributed by atoms with E-state index in [1.54, 1.807) is 6.07 Å². The third-order valence-corrected chi connectivity index (χ3v) is 4.60. The Hall–Kier alpha value is -3.11. The number of hydrogen-bond acceptors (Lipinski definition) is 6. The summed E-state index contributed by atoms with van der Waals surface area (Å²) in [5, 5.41) is 15.1. The van der Waals surface area contributed by atoms with Gasteiger partial charge in [0.15, 0.2) is 0 Å². The summed E-state index contributed by atoms with van der Waals surface area (Å²) in [6.45, 7) is 5.70. The fraction of sp³-hybridized carbons (Fsp3) is 0.286. The standard InChI is InChI=1S/C19H18ClN3O2.C2HF3O2/c1-11(2)24-17-6-5-12(8-16(17)20)18-22-19(25-23-18)13-3-4-14-9-21-10-15(14)7-13;3-2(4,5)1(6)7/h3-8,11,21H,9-10H2,1-2H3;(H,6,7). The molecule has 11 heteroatoms. The predicted octanol–water partition coefficient (Wildman–Crippen LogP) is 5.08. The van der Waals surface area contributed by atoms with Gasteiger partial charge in [0, 0.05) is 24.2 Å². The van der Waals surface area contributed by atoms with E-state index in [0.29, 0.717) is 22.5 Å². The van der Waals surface area contributed by atoms with Gasteiger partial charge in [0.2, 0.25) is 5.82 Å². The van der Waals surface area contributed by atoms with E-state index in [1.807, 2.05) is 32.0 Å². The van der Waals surface area contributed by atoms with E-state index in [2.05, 4.69) is 27.6 Å². The zero-order chi connectivity index (χ0) is 23.5. The van der Waals surface area contributed by atoms with Crippen LogP contribution in [0.5, 0.6) is 5.75 Å². The van der Waals surface area contributed by atoms with Crippen LogP contribution < -0.4 is 10.1 Å². The van der Waals surface area contributed by atoms with Gasteiger partial charge in [-0.3, -0.25) is 0 Å². The number of fused-ring (bicyclic) bond motifs is 1. The molecule has 0 atom stereocenters. The highest BCUT2D eigenvalue weighted by atomic mass is 35.5. The summed E-state index contributed by atoms with van der Waals surface area (Å²) in [6, 6.07) is 11.7. The van der Waals surface area contributed by atoms with E-state index >= 15 is 0 Å². The SMILES string of the molecule is CC(C)Oc1ccc(-c2noc(-c3ccc4c(c3)CNC4)n2)cc1Cl.O=C(O)C(F)(F)F. The molecule has 0 bridgehead atoms. The Morgan fingerprint density at radius 2 is 1.81 bits per heavy atom. The van der Waals surface area contributed by atoms with Crippen LogP contribution in [0.1, 0.15) is 25.0 Å². The summed E-state index contributed by atoms with van der Waals surface area (Å²) in [4.78, 5) is 13.4. The van der Waals surface area contributed by atoms with Crippen LogP contribution in [0.2, 0.25) is 5.02 Å². The molecule has 1 aromatic heterocycles. The molecular formula is C21H19ClF3N3O4. The number of benzene rings is 2. The first-order valence-corrected chi connectivity index (χ1v) is 9.85. The maximum absolute atomic E-state index is 10.6. The molecule has 2 heterocycles. The summed E-state index contributed by atoms with van der Waals surface area (Å²) >= 11 is 6.29. The molecule has 7 nitrogen and oxygen atoms in total. The van der Waals surface area contributed by atoms with E-state index in [-0.39, 0.29) is 6.10 Å². The average molecular weight is 470 g/mol. The van der Waals surface area contributed by atoms with Crippen LogP contribution in [0.15, 0.2) is 40.9 Å². The molecule has 2 N–H and O–H groups in total. The van der Waals surface area contributed by atoms with Crippen molar-refractivity contribution in [2.75, 3.05) is 0 Å². The Kier molecular flexibility index (Phi) is 7.05. The predicted molar refractivity (Wildman–Crippen MR) is 110 cm³/mol. The van der Waals surface area contributed by atoms with E-state index in [1.165, 1.54) is 11.1 Å². The maximum atomic E-state index is 10.6. The van der Waals surface area contributed by atoms with Crippen molar-refractivity contribution in [1.29, 1.82) is 0 Å². The second kappa shape index (κ2) is 9.58. The number of hydrogen-bond donors (Lipinski definition) is 2. The first kappa shape index (κ1) is 23.6. The largest absolute Gasteiger partial charge is 0.490 e. The van der Waals surface area contributed by atoms with Gasteiger partial charge in [-0.25, -0.2) is 4.79 Å². The molecule has 0 amide bonds. The number of nitrogens with zero attached hydrogens (tertiary/aromatic N) is 2. The lowest BCUT2D eigenvalue weighted by atomic mass is 10.1. The number of alkyl halides is 3. The molecule has 0 saturated heterocycles. The lowest BCUT2D eigenvalue weighted by Gasteiger charge is -2.11. The van der Waals surface area contributed by atoms with Crippen molar-refractivity contribution >= 4 is 17.6 Å². The number of carboxylic acid groups (broad SMARTS) is 1. The second-order valence-corrected chi connectivity index (χ2v) is 7.53. The Bertz CT molecular complexity index is 1120. The molecule has 0 unspecified atom stereocenters. The number of aromatic nitrogens is 2. The molecule has 0 saturated carbocycles. The van der Waals surface area contributed by atoms with Crippen molar-refractivity contribution in [3.05, 3.63) is 52.5 Å². The highest BCUT2D eigenvalue weighted by Crippen LogP contribution is 2.31. The quantitative estimate of drug-likeness (QED) is 0.549. The van der Waals surface area contributed by atoms with Crippen molar-refractivity contribution in [3.63, 3.8) is 0 Å². The molecule has 3 aromatic rings. The summed E-state index contributed by atoms with van der Waals surface area (Å²) in [6.07, 6.45) is -5.02. The molecule has 0 radical (unpaired) electrons. The van der Waals surface area contributed by atoms with Gasteiger partial charge in [-0.2, -0.15) is 18.2 Å². The molecule has 0 aliphatic carbocycles. The number of halogens is 4. The van der Waals surface area contributed by atoms with Crippen LogP contribution in [0, 0.1) is 0 Å². The molecule has 1 aliphatic heterocycles. The van der Waals surface area contributed by atoms with Crippen molar-refractivity contribution in [2.24, 2.45) is 0 Å². The molecule has 0 fully saturated rings. The number of carbonyl (C=O) groups is 1. The molecule has 4 rings (SSSR count). The molecule has 0 spiro atoms. The summed E-state index contributed by atoms with van der Waals surface area (Å²) in [7, 11) is 0. The summed E-state index contributed by atoms with van der Waals surface area (Å²) < 4.78 is 42.8. The summed E-state index contributed by atoms with van der Waals surface area (Å²) in [5.41, 5.74) is 4.30. The minimum Gasteiger partial charge on any atom is -0.489 e. The first-order valence-electron chi connectivity index (χ1n) is 9.48.